The highest BCUT2D eigenvalue weighted by Gasteiger charge is 2.33. The van der Waals surface area contributed by atoms with Gasteiger partial charge in [-0.3, -0.25) is 9.59 Å². The summed E-state index contributed by atoms with van der Waals surface area (Å²) in [5.74, 6) is -0.247. The number of carbonyl (C=O) groups excluding carboxylic acids is 2. The van der Waals surface area contributed by atoms with Crippen LogP contribution in [0.3, 0.4) is 0 Å². The van der Waals surface area contributed by atoms with E-state index in [1.807, 2.05) is 41.8 Å². The first kappa shape index (κ1) is 15.4. The molecule has 2 heterocycles. The number of anilines is 1. The zero-order valence-corrected chi connectivity index (χ0v) is 13.8. The first-order chi connectivity index (χ1) is 11.1. The summed E-state index contributed by atoms with van der Waals surface area (Å²) in [6, 6.07) is 11.3. The maximum absolute atomic E-state index is 12.0. The van der Waals surface area contributed by atoms with E-state index in [1.54, 1.807) is 11.3 Å². The highest BCUT2D eigenvalue weighted by Crippen LogP contribution is 2.37. The Morgan fingerprint density at radius 3 is 2.65 bits per heavy atom. The Hall–Kier alpha value is -2.47. The van der Waals surface area contributed by atoms with Crippen molar-refractivity contribution < 1.29 is 9.59 Å². The molecule has 1 aromatic carbocycles. The number of thiophene rings is 1. The molecule has 0 bridgehead atoms. The lowest BCUT2D eigenvalue weighted by molar-refractivity contribution is -0.130. The summed E-state index contributed by atoms with van der Waals surface area (Å²) in [5, 5.41) is 10.8. The molecule has 0 aliphatic carbocycles. The van der Waals surface area contributed by atoms with Crippen LogP contribution in [0.1, 0.15) is 36.8 Å². The molecule has 0 saturated carbocycles. The standard InChI is InChI=1S/C17H17N3O2S/c1-11(21)18-14-7-4-3-6-13(14)16-10-15(17-8-5-9-23-17)19-20(16)12(2)22/h3-9,16H,10H2,1-2H3,(H,18,21)/t16-/m1/s1. The van der Waals surface area contributed by atoms with Crippen LogP contribution in [-0.2, 0) is 9.59 Å². The summed E-state index contributed by atoms with van der Waals surface area (Å²) in [5.41, 5.74) is 2.52. The second-order valence-corrected chi connectivity index (χ2v) is 6.32. The Morgan fingerprint density at radius 2 is 2.00 bits per heavy atom. The lowest BCUT2D eigenvalue weighted by atomic mass is 9.99. The number of hydrogen-bond donors (Lipinski definition) is 1. The third-order valence-electron chi connectivity index (χ3n) is 3.67. The van der Waals surface area contributed by atoms with E-state index >= 15 is 0 Å². The Kier molecular flexibility index (Phi) is 4.25. The third-order valence-corrected chi connectivity index (χ3v) is 4.59. The number of nitrogens with one attached hydrogen (secondary N) is 1. The van der Waals surface area contributed by atoms with Crippen LogP contribution in [0.5, 0.6) is 0 Å². The number of para-hydroxylation sites is 1. The highest BCUT2D eigenvalue weighted by atomic mass is 32.1. The Balaban J connectivity index is 1.97. The molecule has 3 rings (SSSR count). The van der Waals surface area contributed by atoms with Gasteiger partial charge in [0, 0.05) is 31.5 Å². The van der Waals surface area contributed by atoms with Crippen LogP contribution in [0, 0.1) is 0 Å². The Labute approximate surface area is 138 Å². The molecular formula is C17H17N3O2S. The lowest BCUT2D eigenvalue weighted by Gasteiger charge is -2.23. The SMILES string of the molecule is CC(=O)Nc1ccccc1[C@H]1CC(c2cccs2)=NN1C(C)=O. The molecule has 0 spiro atoms. The molecule has 0 unspecified atom stereocenters. The van der Waals surface area contributed by atoms with Crippen LogP contribution in [0.4, 0.5) is 5.69 Å². The second kappa shape index (κ2) is 6.34. The average Bonchev–Trinajstić information content (AvgIpc) is 3.16. The summed E-state index contributed by atoms with van der Waals surface area (Å²) in [6.45, 7) is 2.98. The summed E-state index contributed by atoms with van der Waals surface area (Å²) >= 11 is 1.61. The van der Waals surface area contributed by atoms with Gasteiger partial charge in [-0.2, -0.15) is 5.10 Å². The normalized spacial score (nSPS) is 17.0. The zero-order chi connectivity index (χ0) is 16.4. The summed E-state index contributed by atoms with van der Waals surface area (Å²) < 4.78 is 0. The van der Waals surface area contributed by atoms with Crippen LogP contribution >= 0.6 is 11.3 Å². The molecule has 1 N–H and O–H groups in total. The summed E-state index contributed by atoms with van der Waals surface area (Å²) in [6.07, 6.45) is 0.636. The summed E-state index contributed by atoms with van der Waals surface area (Å²) in [4.78, 5) is 24.5. The molecule has 0 saturated heterocycles. The van der Waals surface area contributed by atoms with Gasteiger partial charge in [-0.25, -0.2) is 5.01 Å². The molecule has 118 valence electrons. The monoisotopic (exact) mass is 327 g/mol. The molecule has 1 atom stereocenters. The fourth-order valence-corrected chi connectivity index (χ4v) is 3.45. The van der Waals surface area contributed by atoms with Gasteiger partial charge in [0.25, 0.3) is 0 Å². The van der Waals surface area contributed by atoms with Crippen molar-refractivity contribution in [2.75, 3.05) is 5.32 Å². The van der Waals surface area contributed by atoms with Crippen molar-refractivity contribution in [2.24, 2.45) is 5.10 Å². The molecule has 1 aliphatic heterocycles. The van der Waals surface area contributed by atoms with Crippen LogP contribution in [-0.4, -0.2) is 22.5 Å². The molecular weight excluding hydrogens is 310 g/mol. The van der Waals surface area contributed by atoms with Crippen LogP contribution in [0.15, 0.2) is 46.9 Å². The Bertz CT molecular complexity index is 768. The average molecular weight is 327 g/mol. The predicted octanol–water partition coefficient (Wildman–Crippen LogP) is 3.40. The minimum Gasteiger partial charge on any atom is -0.326 e. The minimum atomic E-state index is -0.201. The molecule has 5 nitrogen and oxygen atoms in total. The van der Waals surface area contributed by atoms with Gasteiger partial charge < -0.3 is 5.32 Å². The molecule has 1 aromatic heterocycles. The number of benzene rings is 1. The van der Waals surface area contributed by atoms with Crippen LogP contribution in [0.2, 0.25) is 0 Å². The number of hydrazone groups is 1. The van der Waals surface area contributed by atoms with E-state index in [4.69, 9.17) is 0 Å². The molecule has 23 heavy (non-hydrogen) atoms. The second-order valence-electron chi connectivity index (χ2n) is 5.38. The first-order valence-corrected chi connectivity index (χ1v) is 8.22. The number of nitrogens with zero attached hydrogens (tertiary/aromatic N) is 2. The van der Waals surface area contributed by atoms with Crippen molar-refractivity contribution in [1.82, 2.24) is 5.01 Å². The fraction of sp³-hybridized carbons (Fsp3) is 0.235. The lowest BCUT2D eigenvalue weighted by Crippen LogP contribution is -2.25. The third kappa shape index (κ3) is 3.17. The van der Waals surface area contributed by atoms with E-state index in [0.717, 1.165) is 21.8 Å². The zero-order valence-electron chi connectivity index (χ0n) is 12.9. The van der Waals surface area contributed by atoms with Gasteiger partial charge in [0.05, 0.1) is 16.6 Å². The van der Waals surface area contributed by atoms with Crippen molar-refractivity contribution in [3.8, 4) is 0 Å². The first-order valence-electron chi connectivity index (χ1n) is 7.34. The van der Waals surface area contributed by atoms with Crippen molar-refractivity contribution in [2.45, 2.75) is 26.3 Å². The van der Waals surface area contributed by atoms with Gasteiger partial charge >= 0.3 is 0 Å². The topological polar surface area (TPSA) is 61.8 Å². The molecule has 2 aromatic rings. The number of carbonyl (C=O) groups is 2. The maximum Gasteiger partial charge on any atom is 0.240 e. The van der Waals surface area contributed by atoms with E-state index in [0.29, 0.717) is 6.42 Å². The van der Waals surface area contributed by atoms with Crippen molar-refractivity contribution in [1.29, 1.82) is 0 Å². The van der Waals surface area contributed by atoms with E-state index in [9.17, 15) is 9.59 Å². The van der Waals surface area contributed by atoms with E-state index < -0.39 is 0 Å². The van der Waals surface area contributed by atoms with Gasteiger partial charge in [0.1, 0.15) is 0 Å². The number of amides is 2. The predicted molar refractivity (Wildman–Crippen MR) is 91.5 cm³/mol. The van der Waals surface area contributed by atoms with Gasteiger partial charge in [-0.15, -0.1) is 11.3 Å². The van der Waals surface area contributed by atoms with Gasteiger partial charge in [-0.05, 0) is 17.5 Å². The minimum absolute atomic E-state index is 0.112. The molecule has 2 amide bonds. The molecule has 6 heteroatoms. The number of hydrogen-bond acceptors (Lipinski definition) is 4. The molecule has 0 fully saturated rings. The van der Waals surface area contributed by atoms with Crippen LogP contribution < -0.4 is 5.32 Å². The van der Waals surface area contributed by atoms with E-state index in [1.165, 1.54) is 18.9 Å². The highest BCUT2D eigenvalue weighted by molar-refractivity contribution is 7.12. The fourth-order valence-electron chi connectivity index (χ4n) is 2.73. The van der Waals surface area contributed by atoms with Gasteiger partial charge in [0.15, 0.2) is 0 Å². The smallest absolute Gasteiger partial charge is 0.240 e. The van der Waals surface area contributed by atoms with E-state index in [2.05, 4.69) is 10.4 Å². The summed E-state index contributed by atoms with van der Waals surface area (Å²) in [7, 11) is 0. The maximum atomic E-state index is 12.0. The Morgan fingerprint density at radius 1 is 1.22 bits per heavy atom. The number of rotatable bonds is 3. The molecule has 0 radical (unpaired) electrons. The van der Waals surface area contributed by atoms with Crippen molar-refractivity contribution in [3.05, 3.63) is 52.2 Å². The van der Waals surface area contributed by atoms with Gasteiger partial charge in [-0.1, -0.05) is 24.3 Å². The van der Waals surface area contributed by atoms with E-state index in [-0.39, 0.29) is 17.9 Å². The van der Waals surface area contributed by atoms with Crippen molar-refractivity contribution >= 4 is 34.6 Å². The largest absolute Gasteiger partial charge is 0.326 e. The van der Waals surface area contributed by atoms with Gasteiger partial charge in [0.2, 0.25) is 11.8 Å². The molecule has 1 aliphatic rings. The quantitative estimate of drug-likeness (QED) is 0.939. The van der Waals surface area contributed by atoms with Crippen LogP contribution in [0.25, 0.3) is 0 Å². The van der Waals surface area contributed by atoms with Crippen molar-refractivity contribution in [3.63, 3.8) is 0 Å².